The van der Waals surface area contributed by atoms with Crippen LogP contribution in [0.25, 0.3) is 0 Å². The maximum Gasteiger partial charge on any atom is 0.280 e. The third kappa shape index (κ3) is 3.00. The van der Waals surface area contributed by atoms with Crippen molar-refractivity contribution in [1.82, 2.24) is 4.98 Å². The van der Waals surface area contributed by atoms with Gasteiger partial charge in [-0.1, -0.05) is 18.2 Å². The number of benzene rings is 1. The summed E-state index contributed by atoms with van der Waals surface area (Å²) >= 11 is 0. The van der Waals surface area contributed by atoms with Crippen LogP contribution in [-0.2, 0) is 0 Å². The molecule has 0 saturated heterocycles. The number of aromatic nitrogens is 1. The molecule has 0 saturated carbocycles. The maximum atomic E-state index is 14.7. The second-order valence-corrected chi connectivity index (χ2v) is 6.72. The van der Waals surface area contributed by atoms with E-state index in [1.165, 1.54) is 12.3 Å². The zero-order valence-corrected chi connectivity index (χ0v) is 14.9. The second-order valence-electron chi connectivity index (χ2n) is 6.72. The van der Waals surface area contributed by atoms with Crippen LogP contribution in [0.15, 0.2) is 48.1 Å². The van der Waals surface area contributed by atoms with Gasteiger partial charge in [-0.3, -0.25) is 9.98 Å². The fourth-order valence-corrected chi connectivity index (χ4v) is 3.26. The van der Waals surface area contributed by atoms with Gasteiger partial charge in [0.15, 0.2) is 0 Å². The number of hydrogen-bond donors (Lipinski definition) is 0. The molecule has 0 atom stereocenters. The maximum absolute atomic E-state index is 14.7. The van der Waals surface area contributed by atoms with Crippen molar-refractivity contribution in [2.45, 2.75) is 32.9 Å². The molecule has 0 bridgehead atoms. The quantitative estimate of drug-likeness (QED) is 0.715. The summed E-state index contributed by atoms with van der Waals surface area (Å²) in [5.74, 6) is -0.362. The van der Waals surface area contributed by atoms with Gasteiger partial charge in [-0.15, -0.1) is 6.58 Å². The SMILES string of the molecule is C=CCN1c2c(F)cccc2C(c2cnc(C(F)F)c(C)c2)=NC1(C)C. The Kier molecular flexibility index (Phi) is 4.61. The third-order valence-corrected chi connectivity index (χ3v) is 4.47. The van der Waals surface area contributed by atoms with Crippen molar-refractivity contribution < 1.29 is 13.2 Å². The van der Waals surface area contributed by atoms with Crippen LogP contribution in [0, 0.1) is 12.7 Å². The summed E-state index contributed by atoms with van der Waals surface area (Å²) < 4.78 is 40.7. The Morgan fingerprint density at radius 1 is 1.31 bits per heavy atom. The van der Waals surface area contributed by atoms with E-state index in [0.29, 0.717) is 34.6 Å². The van der Waals surface area contributed by atoms with Crippen molar-refractivity contribution in [2.24, 2.45) is 4.99 Å². The van der Waals surface area contributed by atoms with Crippen LogP contribution in [0.4, 0.5) is 18.9 Å². The highest BCUT2D eigenvalue weighted by Gasteiger charge is 2.35. The molecule has 6 heteroatoms. The van der Waals surface area contributed by atoms with Crippen LogP contribution < -0.4 is 4.90 Å². The highest BCUT2D eigenvalue weighted by atomic mass is 19.3. The van der Waals surface area contributed by atoms with Crippen molar-refractivity contribution in [2.75, 3.05) is 11.4 Å². The predicted molar refractivity (Wildman–Crippen MR) is 97.6 cm³/mol. The molecule has 1 aromatic carbocycles. The number of aliphatic imine (C=N–C) groups is 1. The Labute approximate surface area is 150 Å². The van der Waals surface area contributed by atoms with E-state index in [4.69, 9.17) is 4.99 Å². The highest BCUT2D eigenvalue weighted by molar-refractivity contribution is 6.17. The van der Waals surface area contributed by atoms with Gasteiger partial charge in [0.1, 0.15) is 17.2 Å². The van der Waals surface area contributed by atoms with Gasteiger partial charge in [0.05, 0.1) is 11.4 Å². The van der Waals surface area contributed by atoms with E-state index in [-0.39, 0.29) is 11.5 Å². The van der Waals surface area contributed by atoms with E-state index in [0.717, 1.165) is 0 Å². The minimum atomic E-state index is -2.64. The molecule has 0 fully saturated rings. The minimum absolute atomic E-state index is 0.253. The Bertz CT molecular complexity index is 888. The molecule has 0 amide bonds. The van der Waals surface area contributed by atoms with Gasteiger partial charge in [-0.25, -0.2) is 13.2 Å². The molecular weight excluding hydrogens is 339 g/mol. The van der Waals surface area contributed by atoms with Gasteiger partial charge in [-0.05, 0) is 38.5 Å². The molecule has 0 spiro atoms. The fraction of sp³-hybridized carbons (Fsp3) is 0.300. The standard InChI is InChI=1S/C20H20F3N3/c1-5-9-26-18-14(7-6-8-15(18)21)17(25-20(26,3)4)13-10-12(2)16(19(22)23)24-11-13/h5-8,10-11,19H,1,9H2,2-4H3. The Morgan fingerprint density at radius 2 is 2.04 bits per heavy atom. The first-order chi connectivity index (χ1) is 12.3. The van der Waals surface area contributed by atoms with Crippen LogP contribution >= 0.6 is 0 Å². The Morgan fingerprint density at radius 3 is 2.65 bits per heavy atom. The van der Waals surface area contributed by atoms with Crippen molar-refractivity contribution >= 4 is 11.4 Å². The molecule has 3 rings (SSSR count). The van der Waals surface area contributed by atoms with Gasteiger partial charge in [0.25, 0.3) is 6.43 Å². The monoisotopic (exact) mass is 359 g/mol. The van der Waals surface area contributed by atoms with Crippen LogP contribution in [0.1, 0.15) is 42.7 Å². The second kappa shape index (κ2) is 6.59. The van der Waals surface area contributed by atoms with E-state index in [1.54, 1.807) is 31.2 Å². The highest BCUT2D eigenvalue weighted by Crippen LogP contribution is 2.38. The van der Waals surface area contributed by atoms with E-state index < -0.39 is 12.1 Å². The lowest BCUT2D eigenvalue weighted by molar-refractivity contribution is 0.145. The molecule has 136 valence electrons. The Balaban J connectivity index is 2.21. The molecule has 0 aliphatic carbocycles. The number of aryl methyl sites for hydroxylation is 1. The first-order valence-corrected chi connectivity index (χ1v) is 8.28. The lowest BCUT2D eigenvalue weighted by atomic mass is 9.94. The van der Waals surface area contributed by atoms with Gasteiger partial charge in [0, 0.05) is 23.9 Å². The summed E-state index contributed by atoms with van der Waals surface area (Å²) in [6.45, 7) is 9.51. The zero-order valence-electron chi connectivity index (χ0n) is 14.9. The summed E-state index contributed by atoms with van der Waals surface area (Å²) in [6.07, 6.45) is 0.435. The fourth-order valence-electron chi connectivity index (χ4n) is 3.26. The number of nitrogens with zero attached hydrogens (tertiary/aromatic N) is 3. The van der Waals surface area contributed by atoms with E-state index in [2.05, 4.69) is 11.6 Å². The minimum Gasteiger partial charge on any atom is -0.341 e. The summed E-state index contributed by atoms with van der Waals surface area (Å²) in [6, 6.07) is 6.42. The number of alkyl halides is 2. The molecule has 3 nitrogen and oxygen atoms in total. The molecule has 26 heavy (non-hydrogen) atoms. The van der Waals surface area contributed by atoms with Gasteiger partial charge in [-0.2, -0.15) is 0 Å². The molecular formula is C20H20F3N3. The van der Waals surface area contributed by atoms with Crippen molar-refractivity contribution in [3.8, 4) is 0 Å². The molecule has 1 aliphatic rings. The van der Waals surface area contributed by atoms with Gasteiger partial charge in [0.2, 0.25) is 0 Å². The van der Waals surface area contributed by atoms with Crippen LogP contribution in [0.2, 0.25) is 0 Å². The summed E-state index contributed by atoms with van der Waals surface area (Å²) in [7, 11) is 0. The number of hydrogen-bond acceptors (Lipinski definition) is 3. The summed E-state index contributed by atoms with van der Waals surface area (Å²) in [4.78, 5) is 10.5. The molecule has 1 aromatic heterocycles. The largest absolute Gasteiger partial charge is 0.341 e. The summed E-state index contributed by atoms with van der Waals surface area (Å²) in [5, 5.41) is 0. The van der Waals surface area contributed by atoms with Gasteiger partial charge >= 0.3 is 0 Å². The topological polar surface area (TPSA) is 28.5 Å². The molecule has 0 radical (unpaired) electrons. The van der Waals surface area contributed by atoms with E-state index >= 15 is 0 Å². The molecule has 2 aromatic rings. The molecule has 0 N–H and O–H groups in total. The Hall–Kier alpha value is -2.63. The lowest BCUT2D eigenvalue weighted by Crippen LogP contribution is -2.47. The third-order valence-electron chi connectivity index (χ3n) is 4.47. The smallest absolute Gasteiger partial charge is 0.280 e. The van der Waals surface area contributed by atoms with Gasteiger partial charge < -0.3 is 4.90 Å². The number of para-hydroxylation sites is 1. The number of fused-ring (bicyclic) bond motifs is 1. The average Bonchev–Trinajstić information content (AvgIpc) is 2.57. The van der Waals surface area contributed by atoms with Crippen LogP contribution in [-0.4, -0.2) is 22.9 Å². The summed E-state index contributed by atoms with van der Waals surface area (Å²) in [5.41, 5.74) is 1.57. The predicted octanol–water partition coefficient (Wildman–Crippen LogP) is 5.05. The van der Waals surface area contributed by atoms with Crippen molar-refractivity contribution in [1.29, 1.82) is 0 Å². The number of pyridine rings is 1. The van der Waals surface area contributed by atoms with Crippen LogP contribution in [0.3, 0.4) is 0 Å². The van der Waals surface area contributed by atoms with Crippen LogP contribution in [0.5, 0.6) is 0 Å². The van der Waals surface area contributed by atoms with Crippen molar-refractivity contribution in [3.63, 3.8) is 0 Å². The van der Waals surface area contributed by atoms with E-state index in [9.17, 15) is 13.2 Å². The average molecular weight is 359 g/mol. The molecule has 2 heterocycles. The first-order valence-electron chi connectivity index (χ1n) is 8.28. The number of anilines is 1. The first kappa shape index (κ1) is 18.2. The zero-order chi connectivity index (χ0) is 19.1. The lowest BCUT2D eigenvalue weighted by Gasteiger charge is -2.42. The van der Waals surface area contributed by atoms with E-state index in [1.807, 2.05) is 18.7 Å². The van der Waals surface area contributed by atoms with Crippen molar-refractivity contribution in [3.05, 3.63) is 71.3 Å². The molecule has 1 aliphatic heterocycles. The normalized spacial score (nSPS) is 15.7. The molecule has 0 unspecified atom stereocenters. The number of halogens is 3. The number of rotatable bonds is 4.